The predicted molar refractivity (Wildman–Crippen MR) is 82.5 cm³/mol. The number of nitrogens with one attached hydrogen (secondary N) is 1. The van der Waals surface area contributed by atoms with Crippen LogP contribution < -0.4 is 5.32 Å². The lowest BCUT2D eigenvalue weighted by Gasteiger charge is -2.08. The molecule has 0 unspecified atom stereocenters. The molecule has 112 valence electrons. The lowest BCUT2D eigenvalue weighted by atomic mass is 10.2. The second-order valence-corrected chi connectivity index (χ2v) is 6.09. The van der Waals surface area contributed by atoms with Crippen molar-refractivity contribution in [2.24, 2.45) is 5.92 Å². The minimum absolute atomic E-state index is 0.00645. The minimum atomic E-state index is -0.00645. The van der Waals surface area contributed by atoms with Crippen LogP contribution in [0.2, 0.25) is 0 Å². The number of hydrogen-bond acceptors (Lipinski definition) is 5. The predicted octanol–water partition coefficient (Wildman–Crippen LogP) is 1.84. The van der Waals surface area contributed by atoms with Gasteiger partial charge in [-0.2, -0.15) is 4.68 Å². The molecule has 0 aliphatic carbocycles. The molecule has 21 heavy (non-hydrogen) atoms. The summed E-state index contributed by atoms with van der Waals surface area (Å²) < 4.78 is 1.66. The summed E-state index contributed by atoms with van der Waals surface area (Å²) in [4.78, 5) is 11.7. The van der Waals surface area contributed by atoms with Crippen molar-refractivity contribution < 1.29 is 4.79 Å². The van der Waals surface area contributed by atoms with Crippen LogP contribution in [0.4, 0.5) is 0 Å². The summed E-state index contributed by atoms with van der Waals surface area (Å²) >= 11 is 1.33. The first-order valence-corrected chi connectivity index (χ1v) is 7.80. The first-order valence-electron chi connectivity index (χ1n) is 6.82. The van der Waals surface area contributed by atoms with Crippen LogP contribution in [0.25, 0.3) is 5.69 Å². The molecule has 0 spiro atoms. The van der Waals surface area contributed by atoms with Gasteiger partial charge in [-0.05, 0) is 34.9 Å². The Bertz CT molecular complexity index is 611. The fourth-order valence-electron chi connectivity index (χ4n) is 1.72. The van der Waals surface area contributed by atoms with Gasteiger partial charge in [-0.3, -0.25) is 4.79 Å². The Labute approximate surface area is 128 Å². The number of carbonyl (C=O) groups excluding carboxylic acids is 1. The summed E-state index contributed by atoms with van der Waals surface area (Å²) in [7, 11) is 0. The quantitative estimate of drug-likeness (QED) is 0.824. The van der Waals surface area contributed by atoms with E-state index in [4.69, 9.17) is 0 Å². The van der Waals surface area contributed by atoms with Gasteiger partial charge in [0.25, 0.3) is 0 Å². The van der Waals surface area contributed by atoms with Crippen LogP contribution in [0.1, 0.15) is 19.4 Å². The summed E-state index contributed by atoms with van der Waals surface area (Å²) in [6.45, 7) is 6.81. The summed E-state index contributed by atoms with van der Waals surface area (Å²) in [5.41, 5.74) is 2.00. The van der Waals surface area contributed by atoms with Crippen molar-refractivity contribution >= 4 is 17.7 Å². The average molecular weight is 305 g/mol. The normalized spacial score (nSPS) is 10.9. The molecule has 7 heteroatoms. The van der Waals surface area contributed by atoms with Gasteiger partial charge in [0.1, 0.15) is 0 Å². The van der Waals surface area contributed by atoms with Crippen molar-refractivity contribution in [3.63, 3.8) is 0 Å². The number of aryl methyl sites for hydroxylation is 1. The number of rotatable bonds is 6. The fourth-order valence-corrected chi connectivity index (χ4v) is 2.43. The van der Waals surface area contributed by atoms with Crippen molar-refractivity contribution in [3.8, 4) is 5.69 Å². The van der Waals surface area contributed by atoms with Gasteiger partial charge < -0.3 is 5.32 Å². The van der Waals surface area contributed by atoms with Crippen LogP contribution in [-0.4, -0.2) is 38.4 Å². The Kier molecular flexibility index (Phi) is 5.32. The molecule has 1 N–H and O–H groups in total. The Morgan fingerprint density at radius 2 is 2.14 bits per heavy atom. The third-order valence-electron chi connectivity index (χ3n) is 2.82. The first kappa shape index (κ1) is 15.5. The molecule has 1 heterocycles. The number of aromatic nitrogens is 4. The third-order valence-corrected chi connectivity index (χ3v) is 3.74. The molecule has 0 saturated carbocycles. The molecule has 2 aromatic rings. The van der Waals surface area contributed by atoms with Gasteiger partial charge in [0.05, 0.1) is 11.4 Å². The van der Waals surface area contributed by atoms with Crippen molar-refractivity contribution in [2.45, 2.75) is 25.9 Å². The van der Waals surface area contributed by atoms with E-state index >= 15 is 0 Å². The van der Waals surface area contributed by atoms with Crippen LogP contribution >= 0.6 is 11.8 Å². The second-order valence-electron chi connectivity index (χ2n) is 5.15. The molecule has 0 aliphatic heterocycles. The van der Waals surface area contributed by atoms with Gasteiger partial charge >= 0.3 is 0 Å². The van der Waals surface area contributed by atoms with Crippen LogP contribution in [0.3, 0.4) is 0 Å². The molecule has 0 fully saturated rings. The topological polar surface area (TPSA) is 72.7 Å². The summed E-state index contributed by atoms with van der Waals surface area (Å²) in [6, 6.07) is 7.86. The molecule has 0 bridgehead atoms. The summed E-state index contributed by atoms with van der Waals surface area (Å²) in [6.07, 6.45) is 0. The van der Waals surface area contributed by atoms with Gasteiger partial charge in [-0.25, -0.2) is 0 Å². The van der Waals surface area contributed by atoms with E-state index in [0.29, 0.717) is 23.4 Å². The van der Waals surface area contributed by atoms with Crippen molar-refractivity contribution in [3.05, 3.63) is 29.8 Å². The van der Waals surface area contributed by atoms with E-state index in [1.165, 1.54) is 11.8 Å². The van der Waals surface area contributed by atoms with E-state index in [1.807, 2.05) is 31.2 Å². The molecule has 0 saturated heterocycles. The van der Waals surface area contributed by atoms with E-state index in [1.54, 1.807) is 4.68 Å². The minimum Gasteiger partial charge on any atom is -0.355 e. The third kappa shape index (κ3) is 4.29. The molecule has 1 aromatic heterocycles. The van der Waals surface area contributed by atoms with E-state index in [2.05, 4.69) is 34.7 Å². The standard InChI is InChI=1S/C14H19N5OS/c1-10(2)8-15-13(20)9-21-14-16-17-18-19(14)12-7-5-4-6-11(12)3/h4-7,10H,8-9H2,1-3H3,(H,15,20). The number of benzene rings is 1. The highest BCUT2D eigenvalue weighted by Gasteiger charge is 2.12. The molecule has 1 amide bonds. The molecular weight excluding hydrogens is 286 g/mol. The van der Waals surface area contributed by atoms with Crippen LogP contribution in [0, 0.1) is 12.8 Å². The Morgan fingerprint density at radius 1 is 1.38 bits per heavy atom. The SMILES string of the molecule is Cc1ccccc1-n1nnnc1SCC(=O)NCC(C)C. The number of hydrogen-bond donors (Lipinski definition) is 1. The van der Waals surface area contributed by atoms with Gasteiger partial charge in [-0.1, -0.05) is 43.8 Å². The zero-order valence-corrected chi connectivity index (χ0v) is 13.2. The number of carbonyl (C=O) groups is 1. The lowest BCUT2D eigenvalue weighted by Crippen LogP contribution is -2.28. The van der Waals surface area contributed by atoms with Crippen LogP contribution in [0.5, 0.6) is 0 Å². The van der Waals surface area contributed by atoms with E-state index < -0.39 is 0 Å². The van der Waals surface area contributed by atoms with Crippen molar-refractivity contribution in [2.75, 3.05) is 12.3 Å². The second kappa shape index (κ2) is 7.21. The average Bonchev–Trinajstić information content (AvgIpc) is 2.91. The maximum Gasteiger partial charge on any atom is 0.230 e. The highest BCUT2D eigenvalue weighted by Crippen LogP contribution is 2.20. The zero-order valence-electron chi connectivity index (χ0n) is 12.4. The fraction of sp³-hybridized carbons (Fsp3) is 0.429. The van der Waals surface area contributed by atoms with Crippen molar-refractivity contribution in [1.29, 1.82) is 0 Å². The largest absolute Gasteiger partial charge is 0.355 e. The maximum atomic E-state index is 11.7. The highest BCUT2D eigenvalue weighted by atomic mass is 32.2. The lowest BCUT2D eigenvalue weighted by molar-refractivity contribution is -0.118. The van der Waals surface area contributed by atoms with Crippen LogP contribution in [0.15, 0.2) is 29.4 Å². The Hall–Kier alpha value is -1.89. The molecule has 0 aliphatic rings. The number of tetrazole rings is 1. The smallest absolute Gasteiger partial charge is 0.230 e. The van der Waals surface area contributed by atoms with Crippen LogP contribution in [-0.2, 0) is 4.79 Å². The number of thioether (sulfide) groups is 1. The zero-order chi connectivity index (χ0) is 15.2. The van der Waals surface area contributed by atoms with Gasteiger partial charge in [0.2, 0.25) is 11.1 Å². The Morgan fingerprint density at radius 3 is 2.86 bits per heavy atom. The summed E-state index contributed by atoms with van der Waals surface area (Å²) in [5.74, 6) is 0.739. The molecule has 0 radical (unpaired) electrons. The molecule has 2 rings (SSSR count). The molecular formula is C14H19N5OS. The number of para-hydroxylation sites is 1. The molecule has 1 aromatic carbocycles. The van der Waals surface area contributed by atoms with E-state index in [-0.39, 0.29) is 5.91 Å². The van der Waals surface area contributed by atoms with E-state index in [0.717, 1.165) is 11.3 Å². The number of amides is 1. The highest BCUT2D eigenvalue weighted by molar-refractivity contribution is 7.99. The van der Waals surface area contributed by atoms with Crippen molar-refractivity contribution in [1.82, 2.24) is 25.5 Å². The molecule has 0 atom stereocenters. The van der Waals surface area contributed by atoms with Gasteiger partial charge in [0, 0.05) is 6.54 Å². The monoisotopic (exact) mass is 305 g/mol. The Balaban J connectivity index is 2.02. The summed E-state index contributed by atoms with van der Waals surface area (Å²) in [5, 5.41) is 15.2. The van der Waals surface area contributed by atoms with Gasteiger partial charge in [0.15, 0.2) is 0 Å². The first-order chi connectivity index (χ1) is 10.1. The van der Waals surface area contributed by atoms with E-state index in [9.17, 15) is 4.79 Å². The maximum absolute atomic E-state index is 11.7. The van der Waals surface area contributed by atoms with Gasteiger partial charge in [-0.15, -0.1) is 5.10 Å². The number of nitrogens with zero attached hydrogens (tertiary/aromatic N) is 4. The molecule has 6 nitrogen and oxygen atoms in total.